The highest BCUT2D eigenvalue weighted by molar-refractivity contribution is 5.78. The minimum atomic E-state index is -0.803. The lowest BCUT2D eigenvalue weighted by atomic mass is 9.77. The van der Waals surface area contributed by atoms with Crippen LogP contribution in [0.5, 0.6) is 0 Å². The van der Waals surface area contributed by atoms with Gasteiger partial charge in [-0.25, -0.2) is 0 Å². The summed E-state index contributed by atoms with van der Waals surface area (Å²) in [4.78, 5) is 25.4. The van der Waals surface area contributed by atoms with Gasteiger partial charge in [0, 0.05) is 19.0 Å². The predicted molar refractivity (Wildman–Crippen MR) is 92.7 cm³/mol. The fourth-order valence-electron chi connectivity index (χ4n) is 4.37. The Labute approximate surface area is 143 Å². The van der Waals surface area contributed by atoms with Crippen molar-refractivity contribution in [2.75, 3.05) is 6.54 Å². The number of hydrogen-bond donors (Lipinski definition) is 1. The SMILES string of the molecule is O=C(O)CC1CCCN1C(=O)CC1CCC(c2ccccc2)CC1. The molecule has 2 aliphatic rings. The second-order valence-corrected chi connectivity index (χ2v) is 7.31. The molecule has 1 amide bonds. The van der Waals surface area contributed by atoms with Gasteiger partial charge in [0.15, 0.2) is 0 Å². The highest BCUT2D eigenvalue weighted by Crippen LogP contribution is 2.37. The molecule has 1 heterocycles. The van der Waals surface area contributed by atoms with Crippen molar-refractivity contribution in [1.29, 1.82) is 0 Å². The van der Waals surface area contributed by atoms with E-state index in [1.165, 1.54) is 5.56 Å². The van der Waals surface area contributed by atoms with Crippen molar-refractivity contribution in [3.8, 4) is 0 Å². The molecular weight excluding hydrogens is 302 g/mol. The number of aliphatic carboxylic acids is 1. The molecule has 1 aliphatic carbocycles. The highest BCUT2D eigenvalue weighted by atomic mass is 16.4. The topological polar surface area (TPSA) is 57.6 Å². The molecule has 1 saturated carbocycles. The quantitative estimate of drug-likeness (QED) is 0.893. The van der Waals surface area contributed by atoms with Crippen molar-refractivity contribution in [2.24, 2.45) is 5.92 Å². The fraction of sp³-hybridized carbons (Fsp3) is 0.600. The average molecular weight is 329 g/mol. The molecule has 1 aromatic rings. The van der Waals surface area contributed by atoms with E-state index < -0.39 is 5.97 Å². The maximum absolute atomic E-state index is 12.6. The zero-order valence-corrected chi connectivity index (χ0v) is 14.2. The lowest BCUT2D eigenvalue weighted by molar-refractivity contribution is -0.140. The summed E-state index contributed by atoms with van der Waals surface area (Å²) < 4.78 is 0. The molecule has 1 aromatic carbocycles. The number of benzene rings is 1. The standard InChI is InChI=1S/C20H27NO3/c22-19(21-12-4-7-18(21)14-20(23)24)13-15-8-10-17(11-9-15)16-5-2-1-3-6-16/h1-3,5-6,15,17-18H,4,7-14H2,(H,23,24). The average Bonchev–Trinajstić information content (AvgIpc) is 3.04. The molecule has 1 unspecified atom stereocenters. The Morgan fingerprint density at radius 2 is 1.71 bits per heavy atom. The Hall–Kier alpha value is -1.84. The van der Waals surface area contributed by atoms with Gasteiger partial charge in [0.05, 0.1) is 6.42 Å². The summed E-state index contributed by atoms with van der Waals surface area (Å²) in [6.45, 7) is 0.732. The first-order chi connectivity index (χ1) is 11.6. The van der Waals surface area contributed by atoms with E-state index >= 15 is 0 Å². The number of carbonyl (C=O) groups is 2. The number of nitrogens with zero attached hydrogens (tertiary/aromatic N) is 1. The molecule has 0 bridgehead atoms. The lowest BCUT2D eigenvalue weighted by Crippen LogP contribution is -2.38. The maximum Gasteiger partial charge on any atom is 0.305 e. The largest absolute Gasteiger partial charge is 0.481 e. The van der Waals surface area contributed by atoms with Crippen LogP contribution in [0.4, 0.5) is 0 Å². The number of likely N-dealkylation sites (tertiary alicyclic amines) is 1. The third-order valence-electron chi connectivity index (χ3n) is 5.69. The molecule has 4 nitrogen and oxygen atoms in total. The van der Waals surface area contributed by atoms with E-state index in [4.69, 9.17) is 5.11 Å². The molecule has 1 saturated heterocycles. The first kappa shape index (κ1) is 17.0. The van der Waals surface area contributed by atoms with Gasteiger partial charge in [-0.15, -0.1) is 0 Å². The Bertz CT molecular complexity index is 564. The fourth-order valence-corrected chi connectivity index (χ4v) is 4.37. The number of rotatable bonds is 5. The smallest absolute Gasteiger partial charge is 0.305 e. The summed E-state index contributed by atoms with van der Waals surface area (Å²) in [6, 6.07) is 10.6. The Morgan fingerprint density at radius 1 is 1.00 bits per heavy atom. The summed E-state index contributed by atoms with van der Waals surface area (Å²) in [7, 11) is 0. The van der Waals surface area contributed by atoms with E-state index in [0.29, 0.717) is 18.3 Å². The van der Waals surface area contributed by atoms with E-state index in [2.05, 4.69) is 30.3 Å². The van der Waals surface area contributed by atoms with Crippen LogP contribution in [-0.4, -0.2) is 34.5 Å². The Balaban J connectivity index is 1.49. The summed E-state index contributed by atoms with van der Waals surface area (Å²) >= 11 is 0. The van der Waals surface area contributed by atoms with Gasteiger partial charge in [0.1, 0.15) is 0 Å². The molecule has 2 fully saturated rings. The molecule has 1 atom stereocenters. The minimum absolute atomic E-state index is 0.0874. The van der Waals surface area contributed by atoms with Gasteiger partial charge >= 0.3 is 5.97 Å². The first-order valence-electron chi connectivity index (χ1n) is 9.19. The maximum atomic E-state index is 12.6. The number of carboxylic acid groups (broad SMARTS) is 1. The predicted octanol–water partition coefficient (Wildman–Crippen LogP) is 3.82. The van der Waals surface area contributed by atoms with Crippen molar-refractivity contribution in [3.05, 3.63) is 35.9 Å². The van der Waals surface area contributed by atoms with Crippen molar-refractivity contribution in [1.82, 2.24) is 4.90 Å². The summed E-state index contributed by atoms with van der Waals surface area (Å²) in [6.07, 6.45) is 6.96. The van der Waals surface area contributed by atoms with Crippen molar-refractivity contribution >= 4 is 11.9 Å². The molecule has 1 N–H and O–H groups in total. The summed E-state index contributed by atoms with van der Waals surface area (Å²) in [5, 5.41) is 8.99. The molecule has 1 aliphatic heterocycles. The minimum Gasteiger partial charge on any atom is -0.481 e. The molecule has 3 rings (SSSR count). The Morgan fingerprint density at radius 3 is 2.38 bits per heavy atom. The number of carbonyl (C=O) groups excluding carboxylic acids is 1. The van der Waals surface area contributed by atoms with E-state index in [0.717, 1.165) is 45.1 Å². The zero-order chi connectivity index (χ0) is 16.9. The molecular formula is C20H27NO3. The van der Waals surface area contributed by atoms with Crippen LogP contribution in [0.1, 0.15) is 62.8 Å². The van der Waals surface area contributed by atoms with Gasteiger partial charge in [-0.2, -0.15) is 0 Å². The van der Waals surface area contributed by atoms with Crippen LogP contribution >= 0.6 is 0 Å². The van der Waals surface area contributed by atoms with Crippen LogP contribution < -0.4 is 0 Å². The van der Waals surface area contributed by atoms with Gasteiger partial charge in [-0.1, -0.05) is 30.3 Å². The third-order valence-corrected chi connectivity index (χ3v) is 5.69. The second-order valence-electron chi connectivity index (χ2n) is 7.31. The van der Waals surface area contributed by atoms with Crippen molar-refractivity contribution in [2.45, 2.75) is 63.3 Å². The third kappa shape index (κ3) is 4.16. The van der Waals surface area contributed by atoms with Gasteiger partial charge in [-0.05, 0) is 55.9 Å². The molecule has 0 radical (unpaired) electrons. The van der Waals surface area contributed by atoms with Crippen LogP contribution in [-0.2, 0) is 9.59 Å². The number of carboxylic acids is 1. The highest BCUT2D eigenvalue weighted by Gasteiger charge is 2.32. The van der Waals surface area contributed by atoms with Crippen LogP contribution in [0.3, 0.4) is 0 Å². The van der Waals surface area contributed by atoms with E-state index in [-0.39, 0.29) is 18.4 Å². The first-order valence-corrected chi connectivity index (χ1v) is 9.19. The second kappa shape index (κ2) is 7.82. The van der Waals surface area contributed by atoms with Gasteiger partial charge in [0.2, 0.25) is 5.91 Å². The van der Waals surface area contributed by atoms with Crippen LogP contribution in [0, 0.1) is 5.92 Å². The van der Waals surface area contributed by atoms with Crippen molar-refractivity contribution in [3.63, 3.8) is 0 Å². The van der Waals surface area contributed by atoms with E-state index in [9.17, 15) is 9.59 Å². The zero-order valence-electron chi connectivity index (χ0n) is 14.2. The molecule has 24 heavy (non-hydrogen) atoms. The summed E-state index contributed by atoms with van der Waals surface area (Å²) in [5.74, 6) is 0.456. The molecule has 4 heteroatoms. The van der Waals surface area contributed by atoms with Gasteiger partial charge in [0.25, 0.3) is 0 Å². The van der Waals surface area contributed by atoms with Gasteiger partial charge < -0.3 is 10.0 Å². The summed E-state index contributed by atoms with van der Waals surface area (Å²) in [5.41, 5.74) is 1.42. The van der Waals surface area contributed by atoms with Crippen LogP contribution in [0.25, 0.3) is 0 Å². The van der Waals surface area contributed by atoms with Crippen LogP contribution in [0.15, 0.2) is 30.3 Å². The lowest BCUT2D eigenvalue weighted by Gasteiger charge is -2.31. The molecule has 0 aromatic heterocycles. The molecule has 130 valence electrons. The molecule has 0 spiro atoms. The van der Waals surface area contributed by atoms with Crippen molar-refractivity contribution < 1.29 is 14.7 Å². The Kier molecular flexibility index (Phi) is 5.54. The van der Waals surface area contributed by atoms with E-state index in [1.807, 2.05) is 4.90 Å². The monoisotopic (exact) mass is 329 g/mol. The normalized spacial score (nSPS) is 27.2. The van der Waals surface area contributed by atoms with E-state index in [1.54, 1.807) is 0 Å². The van der Waals surface area contributed by atoms with Crippen LogP contribution in [0.2, 0.25) is 0 Å². The number of amides is 1. The van der Waals surface area contributed by atoms with Gasteiger partial charge in [-0.3, -0.25) is 9.59 Å². The number of hydrogen-bond acceptors (Lipinski definition) is 2.